The third-order valence-electron chi connectivity index (χ3n) is 5.37. The summed E-state index contributed by atoms with van der Waals surface area (Å²) in [6, 6.07) is 35.4. The Morgan fingerprint density at radius 2 is 1.00 bits per heavy atom. The van der Waals surface area contributed by atoms with Crippen LogP contribution in [0.4, 0.5) is 0 Å². The quantitative estimate of drug-likeness (QED) is 0.289. The zero-order chi connectivity index (χ0) is 19.8. The van der Waals surface area contributed by atoms with Crippen molar-refractivity contribution in [3.8, 4) is 32.7 Å². The first-order valence-corrected chi connectivity index (χ1v) is 10.8. The van der Waals surface area contributed by atoms with Crippen molar-refractivity contribution >= 4 is 21.4 Å². The van der Waals surface area contributed by atoms with E-state index in [1.165, 1.54) is 53.9 Å². The summed E-state index contributed by atoms with van der Waals surface area (Å²) in [4.78, 5) is 1.32. The van der Waals surface area contributed by atoms with Crippen molar-refractivity contribution in [1.29, 1.82) is 0 Å². The summed E-state index contributed by atoms with van der Waals surface area (Å²) < 4.78 is 1.34. The summed E-state index contributed by atoms with van der Waals surface area (Å²) in [6.07, 6.45) is 0. The highest BCUT2D eigenvalue weighted by atomic mass is 32.1. The molecule has 1 heterocycles. The number of aryl methyl sites for hydroxylation is 2. The number of fused-ring (bicyclic) bond motifs is 1. The highest BCUT2D eigenvalue weighted by molar-refractivity contribution is 7.22. The van der Waals surface area contributed by atoms with Crippen molar-refractivity contribution in [2.45, 2.75) is 13.8 Å². The van der Waals surface area contributed by atoms with Gasteiger partial charge in [-0.05, 0) is 59.2 Å². The molecule has 0 spiro atoms. The lowest BCUT2D eigenvalue weighted by atomic mass is 9.97. The predicted octanol–water partition coefficient (Wildman–Crippen LogP) is 8.52. The summed E-state index contributed by atoms with van der Waals surface area (Å²) in [7, 11) is 0. The van der Waals surface area contributed by atoms with Crippen molar-refractivity contribution in [2.75, 3.05) is 0 Å². The molecule has 0 fully saturated rings. The van der Waals surface area contributed by atoms with Gasteiger partial charge in [-0.3, -0.25) is 0 Å². The van der Waals surface area contributed by atoms with Gasteiger partial charge >= 0.3 is 0 Å². The molecule has 0 N–H and O–H groups in total. The van der Waals surface area contributed by atoms with Gasteiger partial charge in [0, 0.05) is 9.58 Å². The van der Waals surface area contributed by atoms with Crippen LogP contribution in [0.5, 0.6) is 0 Å². The molecule has 1 heteroatoms. The van der Waals surface area contributed by atoms with Gasteiger partial charge in [0.2, 0.25) is 0 Å². The fraction of sp³-hybridized carbons (Fsp3) is 0.0714. The average Bonchev–Trinajstić information content (AvgIpc) is 3.18. The van der Waals surface area contributed by atoms with Crippen LogP contribution in [-0.4, -0.2) is 0 Å². The Balaban J connectivity index is 1.42. The molecule has 0 bridgehead atoms. The number of benzene rings is 4. The van der Waals surface area contributed by atoms with Crippen molar-refractivity contribution in [3.63, 3.8) is 0 Å². The molecular weight excluding hydrogens is 368 g/mol. The van der Waals surface area contributed by atoms with Crippen LogP contribution in [0.25, 0.3) is 42.8 Å². The van der Waals surface area contributed by atoms with E-state index in [1.807, 2.05) is 11.3 Å². The highest BCUT2D eigenvalue weighted by Crippen LogP contribution is 2.34. The molecular formula is C28H22S. The third kappa shape index (κ3) is 3.62. The van der Waals surface area contributed by atoms with Crippen molar-refractivity contribution in [2.24, 2.45) is 0 Å². The maximum absolute atomic E-state index is 2.29. The molecule has 0 aliphatic rings. The lowest BCUT2D eigenvalue weighted by Gasteiger charge is -2.08. The monoisotopic (exact) mass is 390 g/mol. The molecule has 0 saturated heterocycles. The molecule has 0 aliphatic carbocycles. The average molecular weight is 391 g/mol. The SMILES string of the molecule is Cc1cc(C)cc(-c2ccc(-c3ccc(-c4cc5ccccc5s4)cc3)cc2)c1. The van der Waals surface area contributed by atoms with E-state index in [-0.39, 0.29) is 0 Å². The Morgan fingerprint density at radius 3 is 1.59 bits per heavy atom. The van der Waals surface area contributed by atoms with Gasteiger partial charge in [-0.1, -0.05) is 96.1 Å². The number of rotatable bonds is 3. The van der Waals surface area contributed by atoms with E-state index < -0.39 is 0 Å². The van der Waals surface area contributed by atoms with Crippen molar-refractivity contribution < 1.29 is 0 Å². The summed E-state index contributed by atoms with van der Waals surface area (Å²) in [5, 5.41) is 1.32. The molecule has 5 rings (SSSR count). The van der Waals surface area contributed by atoms with Crippen molar-refractivity contribution in [3.05, 3.63) is 108 Å². The van der Waals surface area contributed by atoms with Gasteiger partial charge in [-0.2, -0.15) is 0 Å². The summed E-state index contributed by atoms with van der Waals surface area (Å²) in [5.74, 6) is 0. The zero-order valence-electron chi connectivity index (χ0n) is 16.6. The molecule has 4 aromatic carbocycles. The lowest BCUT2D eigenvalue weighted by molar-refractivity contribution is 1.38. The second-order valence-corrected chi connectivity index (χ2v) is 8.76. The van der Waals surface area contributed by atoms with E-state index >= 15 is 0 Å². The Hall–Kier alpha value is -3.16. The molecule has 29 heavy (non-hydrogen) atoms. The van der Waals surface area contributed by atoms with Crippen LogP contribution in [0.2, 0.25) is 0 Å². The van der Waals surface area contributed by atoms with E-state index in [4.69, 9.17) is 0 Å². The minimum Gasteiger partial charge on any atom is -0.135 e. The molecule has 1 aromatic heterocycles. The zero-order valence-corrected chi connectivity index (χ0v) is 17.5. The first-order chi connectivity index (χ1) is 14.2. The molecule has 0 radical (unpaired) electrons. The molecule has 5 aromatic rings. The molecule has 0 unspecified atom stereocenters. The van der Waals surface area contributed by atoms with Crippen LogP contribution < -0.4 is 0 Å². The summed E-state index contributed by atoms with van der Waals surface area (Å²) in [6.45, 7) is 4.31. The topological polar surface area (TPSA) is 0 Å². The second kappa shape index (κ2) is 7.35. The molecule has 140 valence electrons. The highest BCUT2D eigenvalue weighted by Gasteiger charge is 2.06. The minimum absolute atomic E-state index is 1.25. The molecule has 0 saturated carbocycles. The van der Waals surface area contributed by atoms with Gasteiger partial charge in [0.1, 0.15) is 0 Å². The summed E-state index contributed by atoms with van der Waals surface area (Å²) in [5.41, 5.74) is 8.95. The molecule has 0 nitrogen and oxygen atoms in total. The van der Waals surface area contributed by atoms with E-state index in [1.54, 1.807) is 0 Å². The van der Waals surface area contributed by atoms with Crippen LogP contribution >= 0.6 is 11.3 Å². The normalized spacial score (nSPS) is 11.1. The van der Waals surface area contributed by atoms with E-state index in [0.717, 1.165) is 0 Å². The smallest absolute Gasteiger partial charge is 0.0355 e. The maximum atomic E-state index is 2.29. The number of hydrogen-bond acceptors (Lipinski definition) is 1. The van der Waals surface area contributed by atoms with Gasteiger partial charge < -0.3 is 0 Å². The van der Waals surface area contributed by atoms with Crippen LogP contribution in [0.3, 0.4) is 0 Å². The van der Waals surface area contributed by atoms with E-state index in [9.17, 15) is 0 Å². The standard InChI is InChI=1S/C28H22S/c1-19-15-20(2)17-26(16-19)23-9-7-21(8-10-23)22-11-13-24(14-12-22)28-18-25-5-3-4-6-27(25)29-28/h3-18H,1-2H3. The van der Waals surface area contributed by atoms with Crippen LogP contribution in [0, 0.1) is 13.8 Å². The second-order valence-electron chi connectivity index (χ2n) is 7.68. The van der Waals surface area contributed by atoms with Crippen LogP contribution in [0.1, 0.15) is 11.1 Å². The minimum atomic E-state index is 1.25. The van der Waals surface area contributed by atoms with Crippen LogP contribution in [-0.2, 0) is 0 Å². The van der Waals surface area contributed by atoms with Gasteiger partial charge in [0.05, 0.1) is 0 Å². The largest absolute Gasteiger partial charge is 0.135 e. The number of hydrogen-bond donors (Lipinski definition) is 0. The first-order valence-electron chi connectivity index (χ1n) is 9.94. The maximum Gasteiger partial charge on any atom is 0.0355 e. The molecule has 0 aliphatic heterocycles. The Morgan fingerprint density at radius 1 is 0.483 bits per heavy atom. The Bertz CT molecular complexity index is 1240. The van der Waals surface area contributed by atoms with Gasteiger partial charge in [0.25, 0.3) is 0 Å². The van der Waals surface area contributed by atoms with Crippen molar-refractivity contribution in [1.82, 2.24) is 0 Å². The van der Waals surface area contributed by atoms with Gasteiger partial charge in [-0.25, -0.2) is 0 Å². The first kappa shape index (κ1) is 17.9. The van der Waals surface area contributed by atoms with E-state index in [0.29, 0.717) is 0 Å². The fourth-order valence-electron chi connectivity index (χ4n) is 3.95. The summed E-state index contributed by atoms with van der Waals surface area (Å²) >= 11 is 1.85. The Kier molecular flexibility index (Phi) is 4.54. The predicted molar refractivity (Wildman–Crippen MR) is 128 cm³/mol. The lowest BCUT2D eigenvalue weighted by Crippen LogP contribution is -1.84. The fourth-order valence-corrected chi connectivity index (χ4v) is 5.02. The third-order valence-corrected chi connectivity index (χ3v) is 6.53. The van der Waals surface area contributed by atoms with Crippen LogP contribution in [0.15, 0.2) is 97.1 Å². The molecule has 0 atom stereocenters. The van der Waals surface area contributed by atoms with Gasteiger partial charge in [-0.15, -0.1) is 11.3 Å². The van der Waals surface area contributed by atoms with E-state index in [2.05, 4.69) is 111 Å². The molecule has 0 amide bonds. The number of thiophene rings is 1. The van der Waals surface area contributed by atoms with Gasteiger partial charge in [0.15, 0.2) is 0 Å². The Labute approximate surface area is 176 Å².